The van der Waals surface area contributed by atoms with Crippen LogP contribution in [0.2, 0.25) is 0 Å². The van der Waals surface area contributed by atoms with E-state index in [1.54, 1.807) is 0 Å². The Morgan fingerprint density at radius 1 is 1.14 bits per heavy atom. The number of fused-ring (bicyclic) bond motifs is 1. The third kappa shape index (κ3) is 3.08. The van der Waals surface area contributed by atoms with E-state index in [9.17, 15) is 38.0 Å². The number of aliphatic hydroxyl groups is 1. The predicted octanol–water partition coefficient (Wildman–Crippen LogP) is 3.93. The Kier molecular flexibility index (Phi) is 4.42. The number of halogens is 3. The maximum atomic E-state index is 12.7. The summed E-state index contributed by atoms with van der Waals surface area (Å²) in [6, 6.07) is 6.69. The highest BCUT2D eigenvalue weighted by molar-refractivity contribution is 6.42. The SMILES string of the molecule is CC(=O)N1C(=O)/C(=C(/O)c2ccc(C(F)(F)F)cc2)c2cc([N+](=O)[O-])ccc21. The molecule has 144 valence electrons. The monoisotopic (exact) mass is 392 g/mol. The van der Waals surface area contributed by atoms with Crippen LogP contribution in [0.5, 0.6) is 0 Å². The van der Waals surface area contributed by atoms with Gasteiger partial charge in [-0.1, -0.05) is 12.1 Å². The van der Waals surface area contributed by atoms with Crippen LogP contribution in [0.3, 0.4) is 0 Å². The Hall–Kier alpha value is -3.69. The minimum atomic E-state index is -4.58. The molecule has 0 radical (unpaired) electrons. The molecule has 0 spiro atoms. The molecule has 0 saturated carbocycles. The Bertz CT molecular complexity index is 1040. The van der Waals surface area contributed by atoms with Gasteiger partial charge in [-0.3, -0.25) is 19.7 Å². The number of imide groups is 1. The molecule has 1 heterocycles. The van der Waals surface area contributed by atoms with Crippen molar-refractivity contribution in [3.05, 3.63) is 69.3 Å². The number of hydrogen-bond donors (Lipinski definition) is 1. The number of aliphatic hydroxyl groups excluding tert-OH is 1. The quantitative estimate of drug-likeness (QED) is 0.361. The zero-order valence-corrected chi connectivity index (χ0v) is 14.1. The van der Waals surface area contributed by atoms with Gasteiger partial charge in [-0.2, -0.15) is 13.2 Å². The number of anilines is 1. The van der Waals surface area contributed by atoms with E-state index in [-0.39, 0.29) is 22.5 Å². The van der Waals surface area contributed by atoms with Gasteiger partial charge in [-0.05, 0) is 18.2 Å². The van der Waals surface area contributed by atoms with Gasteiger partial charge in [-0.25, -0.2) is 4.90 Å². The number of alkyl halides is 3. The molecule has 2 amide bonds. The lowest BCUT2D eigenvalue weighted by atomic mass is 10.0. The second-order valence-corrected chi connectivity index (χ2v) is 5.92. The van der Waals surface area contributed by atoms with E-state index >= 15 is 0 Å². The molecule has 0 aromatic heterocycles. The van der Waals surface area contributed by atoms with E-state index < -0.39 is 39.8 Å². The molecule has 1 N–H and O–H groups in total. The van der Waals surface area contributed by atoms with Crippen molar-refractivity contribution in [3.63, 3.8) is 0 Å². The summed E-state index contributed by atoms with van der Waals surface area (Å²) in [5.41, 5.74) is -1.88. The Morgan fingerprint density at radius 3 is 2.25 bits per heavy atom. The van der Waals surface area contributed by atoms with Crippen LogP contribution in [0, 0.1) is 10.1 Å². The summed E-state index contributed by atoms with van der Waals surface area (Å²) in [7, 11) is 0. The van der Waals surface area contributed by atoms with Gasteiger partial charge in [0.2, 0.25) is 5.91 Å². The molecule has 2 aromatic carbocycles. The number of carbonyl (C=O) groups is 2. The zero-order valence-electron chi connectivity index (χ0n) is 14.1. The molecule has 0 unspecified atom stereocenters. The van der Waals surface area contributed by atoms with Gasteiger partial charge in [0.25, 0.3) is 11.6 Å². The molecular weight excluding hydrogens is 381 g/mol. The van der Waals surface area contributed by atoms with Crippen molar-refractivity contribution in [1.29, 1.82) is 0 Å². The fraction of sp³-hybridized carbons (Fsp3) is 0.111. The summed E-state index contributed by atoms with van der Waals surface area (Å²) in [6.45, 7) is 1.10. The summed E-state index contributed by atoms with van der Waals surface area (Å²) in [5, 5.41) is 21.6. The van der Waals surface area contributed by atoms with Crippen LogP contribution < -0.4 is 4.90 Å². The van der Waals surface area contributed by atoms with Crippen molar-refractivity contribution in [3.8, 4) is 0 Å². The lowest BCUT2D eigenvalue weighted by Gasteiger charge is -2.12. The number of nitro benzene ring substituents is 1. The zero-order chi connectivity index (χ0) is 20.8. The lowest BCUT2D eigenvalue weighted by molar-refractivity contribution is -0.384. The standard InChI is InChI=1S/C18H11F3N2O5/c1-9(24)22-14-7-6-12(23(27)28)8-13(14)15(17(22)26)16(25)10-2-4-11(5-3-10)18(19,20)21/h2-8,25H,1H3/b16-15+. The number of nitrogens with zero attached hydrogens (tertiary/aromatic N) is 2. The number of carbonyl (C=O) groups excluding carboxylic acids is 2. The summed E-state index contributed by atoms with van der Waals surface area (Å²) in [6.07, 6.45) is -4.58. The number of benzene rings is 2. The van der Waals surface area contributed by atoms with Crippen LogP contribution in [0.4, 0.5) is 24.5 Å². The number of non-ortho nitro benzene ring substituents is 1. The fourth-order valence-electron chi connectivity index (χ4n) is 2.87. The highest BCUT2D eigenvalue weighted by Gasteiger charge is 2.39. The van der Waals surface area contributed by atoms with E-state index in [2.05, 4.69) is 0 Å². The summed E-state index contributed by atoms with van der Waals surface area (Å²) >= 11 is 0. The Morgan fingerprint density at radius 2 is 1.75 bits per heavy atom. The molecule has 1 aliphatic heterocycles. The van der Waals surface area contributed by atoms with E-state index in [0.29, 0.717) is 0 Å². The van der Waals surface area contributed by atoms with Crippen LogP contribution in [0.25, 0.3) is 11.3 Å². The first-order valence-corrected chi connectivity index (χ1v) is 7.77. The molecule has 1 aliphatic rings. The van der Waals surface area contributed by atoms with Crippen molar-refractivity contribution in [1.82, 2.24) is 0 Å². The maximum Gasteiger partial charge on any atom is 0.416 e. The number of rotatable bonds is 2. The van der Waals surface area contributed by atoms with Crippen LogP contribution in [0.15, 0.2) is 42.5 Å². The molecule has 0 aliphatic carbocycles. The van der Waals surface area contributed by atoms with E-state index in [0.717, 1.165) is 48.2 Å². The van der Waals surface area contributed by atoms with Crippen LogP contribution in [0.1, 0.15) is 23.6 Å². The molecule has 0 atom stereocenters. The Balaban J connectivity index is 2.20. The summed E-state index contributed by atoms with van der Waals surface area (Å²) < 4.78 is 38.1. The van der Waals surface area contributed by atoms with Crippen molar-refractivity contribution in [2.45, 2.75) is 13.1 Å². The maximum absolute atomic E-state index is 12.7. The highest BCUT2D eigenvalue weighted by Crippen LogP contribution is 2.42. The van der Waals surface area contributed by atoms with E-state index in [1.165, 1.54) is 6.07 Å². The second kappa shape index (κ2) is 6.48. The molecule has 0 fully saturated rings. The van der Waals surface area contributed by atoms with Crippen molar-refractivity contribution in [2.24, 2.45) is 0 Å². The third-order valence-corrected chi connectivity index (χ3v) is 4.16. The molecule has 7 nitrogen and oxygen atoms in total. The minimum absolute atomic E-state index is 0.0385. The molecule has 2 aromatic rings. The van der Waals surface area contributed by atoms with Gasteiger partial charge in [0, 0.05) is 30.2 Å². The van der Waals surface area contributed by atoms with E-state index in [1.807, 2.05) is 0 Å². The van der Waals surface area contributed by atoms with Gasteiger partial charge >= 0.3 is 6.18 Å². The second-order valence-electron chi connectivity index (χ2n) is 5.92. The molecule has 0 bridgehead atoms. The van der Waals surface area contributed by atoms with Gasteiger partial charge in [0.1, 0.15) is 5.76 Å². The predicted molar refractivity (Wildman–Crippen MR) is 92.2 cm³/mol. The average Bonchev–Trinajstić information content (AvgIpc) is 2.91. The van der Waals surface area contributed by atoms with Crippen LogP contribution >= 0.6 is 0 Å². The Labute approximate surface area is 155 Å². The fourth-order valence-corrected chi connectivity index (χ4v) is 2.87. The van der Waals surface area contributed by atoms with Crippen molar-refractivity contribution >= 4 is 34.5 Å². The molecule has 10 heteroatoms. The number of amides is 2. The van der Waals surface area contributed by atoms with Crippen molar-refractivity contribution in [2.75, 3.05) is 4.90 Å². The van der Waals surface area contributed by atoms with Crippen LogP contribution in [-0.4, -0.2) is 21.8 Å². The average molecular weight is 392 g/mol. The number of hydrogen-bond acceptors (Lipinski definition) is 5. The van der Waals surface area contributed by atoms with Gasteiger partial charge in [0.15, 0.2) is 0 Å². The normalized spacial score (nSPS) is 15.4. The molecule has 3 rings (SSSR count). The molecule has 0 saturated heterocycles. The van der Waals surface area contributed by atoms with Gasteiger partial charge in [-0.15, -0.1) is 0 Å². The smallest absolute Gasteiger partial charge is 0.416 e. The van der Waals surface area contributed by atoms with E-state index in [4.69, 9.17) is 0 Å². The summed E-state index contributed by atoms with van der Waals surface area (Å²) in [4.78, 5) is 35.6. The minimum Gasteiger partial charge on any atom is -0.506 e. The first kappa shape index (κ1) is 19.1. The first-order chi connectivity index (χ1) is 13.0. The lowest BCUT2D eigenvalue weighted by Crippen LogP contribution is -2.31. The number of nitro groups is 1. The van der Waals surface area contributed by atoms with Gasteiger partial charge < -0.3 is 5.11 Å². The van der Waals surface area contributed by atoms with Crippen LogP contribution in [-0.2, 0) is 15.8 Å². The topological polar surface area (TPSA) is 101 Å². The highest BCUT2D eigenvalue weighted by atomic mass is 19.4. The first-order valence-electron chi connectivity index (χ1n) is 7.77. The summed E-state index contributed by atoms with van der Waals surface area (Å²) in [5.74, 6) is -2.31. The molecule has 28 heavy (non-hydrogen) atoms. The van der Waals surface area contributed by atoms with Crippen molar-refractivity contribution < 1.29 is 32.8 Å². The molecular formula is C18H11F3N2O5. The largest absolute Gasteiger partial charge is 0.506 e. The third-order valence-electron chi connectivity index (χ3n) is 4.16. The van der Waals surface area contributed by atoms with Gasteiger partial charge in [0.05, 0.1) is 21.7 Å².